The van der Waals surface area contributed by atoms with Crippen LogP contribution in [-0.4, -0.2) is 51.6 Å². The molecule has 0 amide bonds. The van der Waals surface area contributed by atoms with Crippen LogP contribution in [0.25, 0.3) is 0 Å². The summed E-state index contributed by atoms with van der Waals surface area (Å²) in [5.74, 6) is -0.301. The molecule has 0 aliphatic rings. The summed E-state index contributed by atoms with van der Waals surface area (Å²) in [5.41, 5.74) is 0. The summed E-state index contributed by atoms with van der Waals surface area (Å²) >= 11 is 0. The lowest BCUT2D eigenvalue weighted by atomic mass is 10.3. The SMILES string of the molecule is CCNC(COC(C)COCC)C(=O)OC. The molecule has 0 radical (unpaired) electrons. The van der Waals surface area contributed by atoms with E-state index in [-0.39, 0.29) is 12.1 Å². The van der Waals surface area contributed by atoms with Gasteiger partial charge in [0, 0.05) is 6.61 Å². The Morgan fingerprint density at radius 1 is 1.31 bits per heavy atom. The van der Waals surface area contributed by atoms with Gasteiger partial charge < -0.3 is 19.5 Å². The average molecular weight is 233 g/mol. The van der Waals surface area contributed by atoms with Gasteiger partial charge in [-0.1, -0.05) is 6.92 Å². The zero-order valence-electron chi connectivity index (χ0n) is 10.6. The van der Waals surface area contributed by atoms with E-state index in [1.807, 2.05) is 20.8 Å². The molecule has 0 aromatic heterocycles. The molecule has 5 nitrogen and oxygen atoms in total. The molecular formula is C11H23NO4. The molecule has 2 unspecified atom stereocenters. The zero-order valence-corrected chi connectivity index (χ0v) is 10.6. The molecule has 0 heterocycles. The van der Waals surface area contributed by atoms with Crippen molar-refractivity contribution in [3.63, 3.8) is 0 Å². The van der Waals surface area contributed by atoms with Crippen molar-refractivity contribution in [2.45, 2.75) is 32.9 Å². The van der Waals surface area contributed by atoms with E-state index in [1.165, 1.54) is 7.11 Å². The Bertz CT molecular complexity index is 187. The van der Waals surface area contributed by atoms with E-state index in [9.17, 15) is 4.79 Å². The third kappa shape index (κ3) is 6.76. The Kier molecular flexibility index (Phi) is 9.18. The van der Waals surface area contributed by atoms with Crippen LogP contribution in [0.15, 0.2) is 0 Å². The van der Waals surface area contributed by atoms with Crippen molar-refractivity contribution in [3.05, 3.63) is 0 Å². The lowest BCUT2D eigenvalue weighted by molar-refractivity contribution is -0.145. The number of carbonyl (C=O) groups excluding carboxylic acids is 1. The fourth-order valence-electron chi connectivity index (χ4n) is 1.19. The number of ether oxygens (including phenoxy) is 3. The number of hydrogen-bond acceptors (Lipinski definition) is 5. The second-order valence-corrected chi connectivity index (χ2v) is 3.44. The number of esters is 1. The molecule has 0 rings (SSSR count). The van der Waals surface area contributed by atoms with Gasteiger partial charge in [0.2, 0.25) is 0 Å². The second kappa shape index (κ2) is 9.57. The highest BCUT2D eigenvalue weighted by molar-refractivity contribution is 5.75. The van der Waals surface area contributed by atoms with E-state index in [2.05, 4.69) is 10.1 Å². The van der Waals surface area contributed by atoms with Gasteiger partial charge in [0.15, 0.2) is 0 Å². The summed E-state index contributed by atoms with van der Waals surface area (Å²) in [5, 5.41) is 3.00. The zero-order chi connectivity index (χ0) is 12.4. The van der Waals surface area contributed by atoms with Gasteiger partial charge in [-0.25, -0.2) is 0 Å². The minimum absolute atomic E-state index is 0.0224. The summed E-state index contributed by atoms with van der Waals surface area (Å²) in [6, 6.07) is -0.404. The lowest BCUT2D eigenvalue weighted by Crippen LogP contribution is -2.42. The minimum atomic E-state index is -0.404. The number of hydrogen-bond donors (Lipinski definition) is 1. The predicted molar refractivity (Wildman–Crippen MR) is 61.4 cm³/mol. The smallest absolute Gasteiger partial charge is 0.325 e. The summed E-state index contributed by atoms with van der Waals surface area (Å²) < 4.78 is 15.4. The maximum atomic E-state index is 11.3. The molecule has 0 saturated carbocycles. The molecule has 0 aliphatic carbocycles. The highest BCUT2D eigenvalue weighted by Crippen LogP contribution is 1.96. The van der Waals surface area contributed by atoms with Gasteiger partial charge in [0.1, 0.15) is 6.04 Å². The first-order valence-corrected chi connectivity index (χ1v) is 5.66. The summed E-state index contributed by atoms with van der Waals surface area (Å²) in [7, 11) is 1.37. The van der Waals surface area contributed by atoms with Crippen LogP contribution in [0.4, 0.5) is 0 Å². The van der Waals surface area contributed by atoms with Gasteiger partial charge in [-0.15, -0.1) is 0 Å². The molecule has 1 N–H and O–H groups in total. The molecular weight excluding hydrogens is 210 g/mol. The molecule has 0 saturated heterocycles. The fourth-order valence-corrected chi connectivity index (χ4v) is 1.19. The second-order valence-electron chi connectivity index (χ2n) is 3.44. The van der Waals surface area contributed by atoms with Crippen molar-refractivity contribution in [1.29, 1.82) is 0 Å². The normalized spacial score (nSPS) is 14.5. The first-order chi connectivity index (χ1) is 7.65. The Balaban J connectivity index is 3.86. The molecule has 5 heteroatoms. The molecule has 0 aromatic carbocycles. The van der Waals surface area contributed by atoms with E-state index in [0.717, 1.165) is 0 Å². The number of methoxy groups -OCH3 is 1. The number of nitrogens with one attached hydrogen (secondary N) is 1. The third-order valence-electron chi connectivity index (χ3n) is 2.04. The summed E-state index contributed by atoms with van der Waals surface area (Å²) in [4.78, 5) is 11.3. The van der Waals surface area contributed by atoms with Crippen molar-refractivity contribution in [2.75, 3.05) is 33.5 Å². The monoisotopic (exact) mass is 233 g/mol. The van der Waals surface area contributed by atoms with Gasteiger partial charge in [-0.05, 0) is 20.4 Å². The van der Waals surface area contributed by atoms with Crippen molar-refractivity contribution >= 4 is 5.97 Å². The van der Waals surface area contributed by atoms with Crippen molar-refractivity contribution in [3.8, 4) is 0 Å². The van der Waals surface area contributed by atoms with E-state index in [0.29, 0.717) is 26.4 Å². The Labute approximate surface area is 97.4 Å². The van der Waals surface area contributed by atoms with E-state index < -0.39 is 6.04 Å². The lowest BCUT2D eigenvalue weighted by Gasteiger charge is -2.18. The molecule has 0 aromatic rings. The molecule has 16 heavy (non-hydrogen) atoms. The maximum Gasteiger partial charge on any atom is 0.325 e. The predicted octanol–water partition coefficient (Wildman–Crippen LogP) is 0.579. The Morgan fingerprint density at radius 2 is 2.00 bits per heavy atom. The van der Waals surface area contributed by atoms with Gasteiger partial charge in [0.05, 0.1) is 26.4 Å². The highest BCUT2D eigenvalue weighted by Gasteiger charge is 2.19. The van der Waals surface area contributed by atoms with E-state index >= 15 is 0 Å². The standard InChI is InChI=1S/C11H23NO4/c1-5-12-10(11(13)14-4)8-16-9(3)7-15-6-2/h9-10,12H,5-8H2,1-4H3. The molecule has 2 atom stereocenters. The third-order valence-corrected chi connectivity index (χ3v) is 2.04. The van der Waals surface area contributed by atoms with Gasteiger partial charge in [-0.2, -0.15) is 0 Å². The highest BCUT2D eigenvalue weighted by atomic mass is 16.5. The Hall–Kier alpha value is -0.650. The van der Waals surface area contributed by atoms with Crippen molar-refractivity contribution < 1.29 is 19.0 Å². The maximum absolute atomic E-state index is 11.3. The molecule has 0 aliphatic heterocycles. The minimum Gasteiger partial charge on any atom is -0.468 e. The average Bonchev–Trinajstić information content (AvgIpc) is 2.30. The van der Waals surface area contributed by atoms with Crippen LogP contribution < -0.4 is 5.32 Å². The van der Waals surface area contributed by atoms with Crippen LogP contribution >= 0.6 is 0 Å². The fraction of sp³-hybridized carbons (Fsp3) is 0.909. The molecule has 0 bridgehead atoms. The van der Waals surface area contributed by atoms with Crippen molar-refractivity contribution in [1.82, 2.24) is 5.32 Å². The number of carbonyl (C=O) groups is 1. The molecule has 96 valence electrons. The van der Waals surface area contributed by atoms with Crippen molar-refractivity contribution in [2.24, 2.45) is 0 Å². The number of likely N-dealkylation sites (N-methyl/N-ethyl adjacent to an activating group) is 1. The summed E-state index contributed by atoms with van der Waals surface area (Å²) in [6.45, 7) is 7.98. The van der Waals surface area contributed by atoms with E-state index in [4.69, 9.17) is 9.47 Å². The van der Waals surface area contributed by atoms with Gasteiger partial charge in [0.25, 0.3) is 0 Å². The van der Waals surface area contributed by atoms with Crippen LogP contribution in [0.2, 0.25) is 0 Å². The first-order valence-electron chi connectivity index (χ1n) is 5.66. The molecule has 0 fully saturated rings. The van der Waals surface area contributed by atoms with Crippen LogP contribution in [0.5, 0.6) is 0 Å². The van der Waals surface area contributed by atoms with Crippen LogP contribution in [0.1, 0.15) is 20.8 Å². The van der Waals surface area contributed by atoms with Crippen LogP contribution in [0, 0.1) is 0 Å². The van der Waals surface area contributed by atoms with Gasteiger partial charge in [-0.3, -0.25) is 4.79 Å². The quantitative estimate of drug-likeness (QED) is 0.590. The summed E-state index contributed by atoms with van der Waals surface area (Å²) in [6.07, 6.45) is -0.0224. The Morgan fingerprint density at radius 3 is 2.50 bits per heavy atom. The van der Waals surface area contributed by atoms with Gasteiger partial charge >= 0.3 is 5.97 Å². The molecule has 0 spiro atoms. The topological polar surface area (TPSA) is 56.8 Å². The number of rotatable bonds is 9. The first kappa shape index (κ1) is 15.3. The largest absolute Gasteiger partial charge is 0.468 e. The van der Waals surface area contributed by atoms with Crippen LogP contribution in [-0.2, 0) is 19.0 Å². The van der Waals surface area contributed by atoms with E-state index in [1.54, 1.807) is 0 Å². The van der Waals surface area contributed by atoms with Crippen LogP contribution in [0.3, 0.4) is 0 Å².